The summed E-state index contributed by atoms with van der Waals surface area (Å²) in [5.74, 6) is 2.15. The molecule has 0 bridgehead atoms. The van der Waals surface area contributed by atoms with Gasteiger partial charge in [0.05, 0.1) is 11.7 Å². The van der Waals surface area contributed by atoms with Gasteiger partial charge in [-0.3, -0.25) is 14.7 Å². The fourth-order valence-corrected chi connectivity index (χ4v) is 3.44. The van der Waals surface area contributed by atoms with E-state index in [2.05, 4.69) is 4.99 Å². The van der Waals surface area contributed by atoms with E-state index in [1.54, 1.807) is 34.9 Å². The number of hydrogen-bond donors (Lipinski definition) is 0. The van der Waals surface area contributed by atoms with Crippen molar-refractivity contribution in [3.05, 3.63) is 59.0 Å². The third kappa shape index (κ3) is 3.91. The number of furan rings is 1. The molecule has 1 amide bonds. The van der Waals surface area contributed by atoms with E-state index < -0.39 is 0 Å². The van der Waals surface area contributed by atoms with Crippen LogP contribution in [-0.2, 0) is 4.79 Å². The van der Waals surface area contributed by atoms with Crippen LogP contribution in [-0.4, -0.2) is 22.9 Å². The van der Waals surface area contributed by atoms with Crippen LogP contribution in [0.1, 0.15) is 18.4 Å². The SMILES string of the molecule is Cc1ccc(C=CC(=O)N(C2=NC(C)CS2)c2ccc(Cl)cc2)o1. The molecule has 0 saturated heterocycles. The molecule has 0 saturated carbocycles. The van der Waals surface area contributed by atoms with Crippen LogP contribution in [0.3, 0.4) is 0 Å². The fourth-order valence-electron chi connectivity index (χ4n) is 2.27. The first kappa shape index (κ1) is 16.9. The molecule has 24 heavy (non-hydrogen) atoms. The number of thioether (sulfide) groups is 1. The molecule has 2 aromatic rings. The van der Waals surface area contributed by atoms with Gasteiger partial charge >= 0.3 is 0 Å². The van der Waals surface area contributed by atoms with Gasteiger partial charge < -0.3 is 4.42 Å². The molecule has 4 nitrogen and oxygen atoms in total. The van der Waals surface area contributed by atoms with Crippen LogP contribution < -0.4 is 4.90 Å². The van der Waals surface area contributed by atoms with Crippen molar-refractivity contribution in [3.8, 4) is 0 Å². The fraction of sp³-hybridized carbons (Fsp3) is 0.222. The number of halogens is 1. The number of rotatable bonds is 3. The Morgan fingerprint density at radius 3 is 2.67 bits per heavy atom. The molecule has 1 aliphatic rings. The lowest BCUT2D eigenvalue weighted by atomic mass is 10.3. The monoisotopic (exact) mass is 360 g/mol. The van der Waals surface area contributed by atoms with Crippen LogP contribution in [0.2, 0.25) is 5.02 Å². The lowest BCUT2D eigenvalue weighted by Gasteiger charge is -2.20. The van der Waals surface area contributed by atoms with Gasteiger partial charge in [0.25, 0.3) is 5.91 Å². The van der Waals surface area contributed by atoms with Gasteiger partial charge in [0, 0.05) is 16.9 Å². The highest BCUT2D eigenvalue weighted by Crippen LogP contribution is 2.27. The first-order valence-corrected chi connectivity index (χ1v) is 8.94. The highest BCUT2D eigenvalue weighted by atomic mass is 35.5. The zero-order valence-electron chi connectivity index (χ0n) is 13.4. The van der Waals surface area contributed by atoms with Crippen LogP contribution in [0.25, 0.3) is 6.08 Å². The van der Waals surface area contributed by atoms with Crippen molar-refractivity contribution < 1.29 is 9.21 Å². The Morgan fingerprint density at radius 2 is 2.08 bits per heavy atom. The molecule has 1 atom stereocenters. The van der Waals surface area contributed by atoms with Gasteiger partial charge in [-0.15, -0.1) is 0 Å². The number of hydrogen-bond acceptors (Lipinski definition) is 4. The van der Waals surface area contributed by atoms with E-state index in [0.29, 0.717) is 16.0 Å². The number of aliphatic imine (C=N–C) groups is 1. The van der Waals surface area contributed by atoms with Crippen molar-refractivity contribution in [2.45, 2.75) is 19.9 Å². The Morgan fingerprint density at radius 1 is 1.33 bits per heavy atom. The lowest BCUT2D eigenvalue weighted by Crippen LogP contribution is -2.33. The molecule has 3 rings (SSSR count). The molecular weight excluding hydrogens is 344 g/mol. The number of amides is 1. The molecule has 0 aliphatic carbocycles. The van der Waals surface area contributed by atoms with Gasteiger partial charge in [0.1, 0.15) is 11.5 Å². The molecule has 0 fully saturated rings. The maximum atomic E-state index is 12.8. The number of anilines is 1. The van der Waals surface area contributed by atoms with Gasteiger partial charge in [-0.05, 0) is 56.3 Å². The average Bonchev–Trinajstić information content (AvgIpc) is 3.16. The number of amidine groups is 1. The average molecular weight is 361 g/mol. The van der Waals surface area contributed by atoms with Gasteiger partial charge in [-0.1, -0.05) is 23.4 Å². The number of carbonyl (C=O) groups excluding carboxylic acids is 1. The normalized spacial score (nSPS) is 17.3. The minimum absolute atomic E-state index is 0.174. The van der Waals surface area contributed by atoms with Gasteiger partial charge in [0.15, 0.2) is 5.17 Å². The van der Waals surface area contributed by atoms with Gasteiger partial charge in [-0.25, -0.2) is 0 Å². The Labute approximate surface area is 150 Å². The third-order valence-electron chi connectivity index (χ3n) is 3.43. The molecule has 0 radical (unpaired) electrons. The van der Waals surface area contributed by atoms with E-state index in [0.717, 1.165) is 17.2 Å². The van der Waals surface area contributed by atoms with E-state index in [4.69, 9.17) is 16.0 Å². The molecule has 6 heteroatoms. The lowest BCUT2D eigenvalue weighted by molar-refractivity contribution is -0.113. The Balaban J connectivity index is 1.89. The quantitative estimate of drug-likeness (QED) is 0.740. The van der Waals surface area contributed by atoms with E-state index in [9.17, 15) is 4.79 Å². The van der Waals surface area contributed by atoms with Crippen LogP contribution in [0.15, 0.2) is 51.9 Å². The highest BCUT2D eigenvalue weighted by molar-refractivity contribution is 8.14. The van der Waals surface area contributed by atoms with Crippen molar-refractivity contribution in [3.63, 3.8) is 0 Å². The number of carbonyl (C=O) groups is 1. The van der Waals surface area contributed by atoms with Gasteiger partial charge in [-0.2, -0.15) is 0 Å². The molecule has 124 valence electrons. The summed E-state index contributed by atoms with van der Waals surface area (Å²) in [6.07, 6.45) is 3.17. The van der Waals surface area contributed by atoms with Crippen LogP contribution >= 0.6 is 23.4 Å². The number of benzene rings is 1. The Hall–Kier alpha value is -1.98. The standard InChI is InChI=1S/C18H17ClN2O2S/c1-12-11-24-18(20-12)21(15-6-4-14(19)5-7-15)17(22)10-9-16-8-3-13(2)23-16/h3-10,12H,11H2,1-2H3. The molecular formula is C18H17ClN2O2S. The molecule has 0 N–H and O–H groups in total. The third-order valence-corrected chi connectivity index (χ3v) is 4.88. The second kappa shape index (κ2) is 7.28. The molecule has 1 aromatic heterocycles. The number of nitrogens with zero attached hydrogens (tertiary/aromatic N) is 2. The van der Waals surface area contributed by atoms with E-state index in [-0.39, 0.29) is 11.9 Å². The van der Waals surface area contributed by atoms with Crippen molar-refractivity contribution >= 4 is 46.2 Å². The summed E-state index contributed by atoms with van der Waals surface area (Å²) in [4.78, 5) is 18.9. The van der Waals surface area contributed by atoms with Crippen molar-refractivity contribution in [2.24, 2.45) is 4.99 Å². The second-order valence-corrected chi connectivity index (χ2v) is 6.93. The van der Waals surface area contributed by atoms with E-state index in [1.165, 1.54) is 6.08 Å². The highest BCUT2D eigenvalue weighted by Gasteiger charge is 2.25. The second-order valence-electron chi connectivity index (χ2n) is 5.50. The largest absolute Gasteiger partial charge is 0.462 e. The first-order valence-electron chi connectivity index (χ1n) is 7.58. The first-order chi connectivity index (χ1) is 11.5. The zero-order chi connectivity index (χ0) is 17.1. The van der Waals surface area contributed by atoms with E-state index >= 15 is 0 Å². The topological polar surface area (TPSA) is 45.8 Å². The summed E-state index contributed by atoms with van der Waals surface area (Å²) in [5.41, 5.74) is 0.741. The minimum atomic E-state index is -0.174. The number of aryl methyl sites for hydroxylation is 1. The molecule has 1 aliphatic heterocycles. The maximum absolute atomic E-state index is 12.8. The van der Waals surface area contributed by atoms with Crippen LogP contribution in [0.4, 0.5) is 5.69 Å². The summed E-state index contributed by atoms with van der Waals surface area (Å²) in [5, 5.41) is 1.33. The predicted molar refractivity (Wildman–Crippen MR) is 101 cm³/mol. The van der Waals surface area contributed by atoms with Crippen molar-refractivity contribution in [1.29, 1.82) is 0 Å². The smallest absolute Gasteiger partial charge is 0.257 e. The van der Waals surface area contributed by atoms with Crippen molar-refractivity contribution in [1.82, 2.24) is 0 Å². The zero-order valence-corrected chi connectivity index (χ0v) is 15.0. The summed E-state index contributed by atoms with van der Waals surface area (Å²) in [6.45, 7) is 3.90. The summed E-state index contributed by atoms with van der Waals surface area (Å²) in [6, 6.07) is 11.1. The summed E-state index contributed by atoms with van der Waals surface area (Å²) >= 11 is 7.53. The van der Waals surface area contributed by atoms with E-state index in [1.807, 2.05) is 38.1 Å². The molecule has 1 aromatic carbocycles. The predicted octanol–water partition coefficient (Wildman–Crippen LogP) is 4.78. The van der Waals surface area contributed by atoms with Crippen LogP contribution in [0.5, 0.6) is 0 Å². The maximum Gasteiger partial charge on any atom is 0.257 e. The Kier molecular flexibility index (Phi) is 5.11. The Bertz CT molecular complexity index is 796. The van der Waals surface area contributed by atoms with Gasteiger partial charge in [0.2, 0.25) is 0 Å². The van der Waals surface area contributed by atoms with Crippen LogP contribution in [0, 0.1) is 6.92 Å². The molecule has 1 unspecified atom stereocenters. The molecule has 2 heterocycles. The van der Waals surface area contributed by atoms with Crippen molar-refractivity contribution in [2.75, 3.05) is 10.7 Å². The minimum Gasteiger partial charge on any atom is -0.462 e. The molecule has 0 spiro atoms. The summed E-state index contributed by atoms with van der Waals surface area (Å²) in [7, 11) is 0. The summed E-state index contributed by atoms with van der Waals surface area (Å²) < 4.78 is 5.47.